The van der Waals surface area contributed by atoms with E-state index in [2.05, 4.69) is 40.2 Å². The average Bonchev–Trinajstić information content (AvgIpc) is 2.61. The van der Waals surface area contributed by atoms with E-state index in [1.54, 1.807) is 0 Å². The number of nitrogens with zero attached hydrogens (tertiary/aromatic N) is 1. The molecule has 0 heterocycles. The molecule has 0 saturated heterocycles. The Morgan fingerprint density at radius 1 is 0.913 bits per heavy atom. The summed E-state index contributed by atoms with van der Waals surface area (Å²) in [6.07, 6.45) is 9.17. The number of aliphatic imine (C=N–C) groups is 1. The number of halogens is 1. The van der Waals surface area contributed by atoms with Crippen LogP contribution in [0.4, 0.5) is 0 Å². The van der Waals surface area contributed by atoms with E-state index in [-0.39, 0.29) is 0 Å². The van der Waals surface area contributed by atoms with Crippen molar-refractivity contribution in [3.8, 4) is 0 Å². The van der Waals surface area contributed by atoms with Crippen LogP contribution in [0.3, 0.4) is 0 Å². The Balaban J connectivity index is 2.06. The number of allylic oxidation sites excluding steroid dienone is 5. The molecule has 2 aromatic carbocycles. The third-order valence-electron chi connectivity index (χ3n) is 3.61. The first-order valence-corrected chi connectivity index (χ1v) is 8.25. The monoisotopic (exact) mass is 364 g/mol. The van der Waals surface area contributed by atoms with Gasteiger partial charge in [0.2, 0.25) is 0 Å². The fourth-order valence-electron chi connectivity index (χ4n) is 2.41. The second-order valence-electron chi connectivity index (χ2n) is 5.24. The molecule has 0 aromatic heterocycles. The van der Waals surface area contributed by atoms with Crippen LogP contribution in [0.25, 0.3) is 5.70 Å². The number of benzene rings is 2. The highest BCUT2D eigenvalue weighted by molar-refractivity contribution is 9.10. The van der Waals surface area contributed by atoms with Gasteiger partial charge < -0.3 is 5.73 Å². The molecule has 0 atom stereocenters. The van der Waals surface area contributed by atoms with Crippen LogP contribution in [0.1, 0.15) is 17.5 Å². The molecule has 0 unspecified atom stereocenters. The zero-order chi connectivity index (χ0) is 16.1. The lowest BCUT2D eigenvalue weighted by Gasteiger charge is -2.11. The minimum absolute atomic E-state index is 0.520. The molecule has 23 heavy (non-hydrogen) atoms. The van der Waals surface area contributed by atoms with E-state index in [0.29, 0.717) is 5.84 Å². The summed E-state index contributed by atoms with van der Waals surface area (Å²) in [6.45, 7) is 0. The summed E-state index contributed by atoms with van der Waals surface area (Å²) in [5.74, 6) is 0.520. The van der Waals surface area contributed by atoms with E-state index in [0.717, 1.165) is 27.7 Å². The highest BCUT2D eigenvalue weighted by Gasteiger charge is 2.09. The molecule has 2 nitrogen and oxygen atoms in total. The molecule has 1 aliphatic carbocycles. The molecule has 0 fully saturated rings. The van der Waals surface area contributed by atoms with Crippen molar-refractivity contribution in [2.75, 3.05) is 0 Å². The first-order valence-electron chi connectivity index (χ1n) is 7.46. The van der Waals surface area contributed by atoms with E-state index < -0.39 is 0 Å². The van der Waals surface area contributed by atoms with Crippen LogP contribution < -0.4 is 5.73 Å². The molecule has 0 radical (unpaired) electrons. The maximum atomic E-state index is 6.25. The minimum Gasteiger partial charge on any atom is -0.383 e. The fourth-order valence-corrected chi connectivity index (χ4v) is 2.68. The molecule has 114 valence electrons. The Labute approximate surface area is 144 Å². The predicted molar refractivity (Wildman–Crippen MR) is 101 cm³/mol. The lowest BCUT2D eigenvalue weighted by atomic mass is 10.0. The van der Waals surface area contributed by atoms with Gasteiger partial charge in [0.15, 0.2) is 0 Å². The van der Waals surface area contributed by atoms with Gasteiger partial charge in [-0.1, -0.05) is 82.7 Å². The maximum absolute atomic E-state index is 6.25. The van der Waals surface area contributed by atoms with Gasteiger partial charge in [-0.3, -0.25) is 0 Å². The number of hydrogen-bond donors (Lipinski definition) is 1. The van der Waals surface area contributed by atoms with Crippen molar-refractivity contribution in [3.63, 3.8) is 0 Å². The van der Waals surface area contributed by atoms with E-state index in [4.69, 9.17) is 10.7 Å². The van der Waals surface area contributed by atoms with Crippen LogP contribution in [0.2, 0.25) is 0 Å². The number of rotatable bonds is 3. The van der Waals surface area contributed by atoms with Crippen LogP contribution in [0.5, 0.6) is 0 Å². The van der Waals surface area contributed by atoms with Gasteiger partial charge in [0.1, 0.15) is 5.84 Å². The van der Waals surface area contributed by atoms with Crippen molar-refractivity contribution in [3.05, 3.63) is 100 Å². The molecule has 1 aliphatic rings. The van der Waals surface area contributed by atoms with Gasteiger partial charge >= 0.3 is 0 Å². The summed E-state index contributed by atoms with van der Waals surface area (Å²) in [4.78, 5) is 4.74. The molecular weight excluding hydrogens is 348 g/mol. The van der Waals surface area contributed by atoms with Crippen molar-refractivity contribution in [2.45, 2.75) is 6.42 Å². The third kappa shape index (κ3) is 3.88. The third-order valence-corrected chi connectivity index (χ3v) is 4.13. The summed E-state index contributed by atoms with van der Waals surface area (Å²) in [5, 5.41) is 0. The van der Waals surface area contributed by atoms with Crippen molar-refractivity contribution >= 4 is 27.5 Å². The SMILES string of the molecule is NC(=N/C(=C1/C=CC=CC1)c1ccccc1)c1ccc(Br)cc1. The molecule has 2 N–H and O–H groups in total. The smallest absolute Gasteiger partial charge is 0.131 e. The molecule has 3 heteroatoms. The molecule has 0 aliphatic heterocycles. The van der Waals surface area contributed by atoms with Crippen molar-refractivity contribution < 1.29 is 0 Å². The van der Waals surface area contributed by atoms with Crippen molar-refractivity contribution in [1.29, 1.82) is 0 Å². The first kappa shape index (κ1) is 15.5. The summed E-state index contributed by atoms with van der Waals surface area (Å²) in [7, 11) is 0. The Hall–Kier alpha value is -2.39. The van der Waals surface area contributed by atoms with E-state index in [1.165, 1.54) is 5.57 Å². The van der Waals surface area contributed by atoms with E-state index in [9.17, 15) is 0 Å². The first-order chi connectivity index (χ1) is 11.2. The average molecular weight is 365 g/mol. The summed E-state index contributed by atoms with van der Waals surface area (Å²) in [6, 6.07) is 18.0. The molecule has 2 aromatic rings. The molecule has 0 spiro atoms. The largest absolute Gasteiger partial charge is 0.383 e. The van der Waals surface area contributed by atoms with Gasteiger partial charge in [0.25, 0.3) is 0 Å². The number of nitrogens with two attached hydrogens (primary N) is 1. The Morgan fingerprint density at radius 2 is 1.65 bits per heavy atom. The highest BCUT2D eigenvalue weighted by atomic mass is 79.9. The predicted octanol–water partition coefficient (Wildman–Crippen LogP) is 5.08. The second-order valence-corrected chi connectivity index (χ2v) is 6.15. The van der Waals surface area contributed by atoms with Crippen LogP contribution in [0.15, 0.2) is 93.9 Å². The van der Waals surface area contributed by atoms with Crippen LogP contribution >= 0.6 is 15.9 Å². The van der Waals surface area contributed by atoms with Gasteiger partial charge in [-0.05, 0) is 24.1 Å². The number of amidine groups is 1. The van der Waals surface area contributed by atoms with E-state index in [1.807, 2.05) is 54.6 Å². The minimum atomic E-state index is 0.520. The molecule has 0 amide bonds. The Kier molecular flexibility index (Phi) is 4.89. The zero-order valence-electron chi connectivity index (χ0n) is 12.6. The summed E-state index contributed by atoms with van der Waals surface area (Å²) >= 11 is 3.44. The van der Waals surface area contributed by atoms with Gasteiger partial charge in [-0.25, -0.2) is 4.99 Å². The molecule has 0 saturated carbocycles. The Bertz CT molecular complexity index is 797. The summed E-state index contributed by atoms with van der Waals surface area (Å²) in [5.41, 5.74) is 10.3. The lowest BCUT2D eigenvalue weighted by molar-refractivity contribution is 1.24. The van der Waals surface area contributed by atoms with Gasteiger partial charge in [-0.15, -0.1) is 0 Å². The van der Waals surface area contributed by atoms with Crippen LogP contribution in [0, 0.1) is 0 Å². The highest BCUT2D eigenvalue weighted by Crippen LogP contribution is 2.26. The Morgan fingerprint density at radius 3 is 2.30 bits per heavy atom. The molecule has 0 bridgehead atoms. The van der Waals surface area contributed by atoms with Gasteiger partial charge in [0, 0.05) is 15.6 Å². The normalized spacial score (nSPS) is 16.5. The standard InChI is InChI=1S/C20H17BrN2/c21-18-13-11-17(12-14-18)20(22)23-19(15-7-3-1-4-8-15)16-9-5-2-6-10-16/h1-9,11-14H,10H2,(H2,22,23)/b19-16-. The quantitative estimate of drug-likeness (QED) is 0.598. The van der Waals surface area contributed by atoms with Gasteiger partial charge in [-0.2, -0.15) is 0 Å². The topological polar surface area (TPSA) is 38.4 Å². The van der Waals surface area contributed by atoms with Gasteiger partial charge in [0.05, 0.1) is 5.70 Å². The summed E-state index contributed by atoms with van der Waals surface area (Å²) < 4.78 is 1.02. The van der Waals surface area contributed by atoms with Crippen LogP contribution in [-0.2, 0) is 0 Å². The lowest BCUT2D eigenvalue weighted by Crippen LogP contribution is -2.13. The van der Waals surface area contributed by atoms with Crippen molar-refractivity contribution in [2.24, 2.45) is 10.7 Å². The van der Waals surface area contributed by atoms with E-state index >= 15 is 0 Å². The number of hydrogen-bond acceptors (Lipinski definition) is 1. The molecule has 3 rings (SSSR count). The zero-order valence-corrected chi connectivity index (χ0v) is 14.2. The fraction of sp³-hybridized carbons (Fsp3) is 0.0500. The van der Waals surface area contributed by atoms with Crippen LogP contribution in [-0.4, -0.2) is 5.84 Å². The molecular formula is C20H17BrN2. The maximum Gasteiger partial charge on any atom is 0.131 e. The van der Waals surface area contributed by atoms with Crippen molar-refractivity contribution in [1.82, 2.24) is 0 Å². The second kappa shape index (κ2) is 7.25.